The minimum atomic E-state index is -0.294. The van der Waals surface area contributed by atoms with Crippen molar-refractivity contribution in [1.82, 2.24) is 15.2 Å². The van der Waals surface area contributed by atoms with Crippen LogP contribution in [0.15, 0.2) is 59.7 Å². The van der Waals surface area contributed by atoms with Gasteiger partial charge in [0.15, 0.2) is 0 Å². The molecule has 26 heavy (non-hydrogen) atoms. The number of hydrogen-bond donors (Lipinski definition) is 1. The van der Waals surface area contributed by atoms with Crippen LogP contribution in [0.1, 0.15) is 11.1 Å². The van der Waals surface area contributed by atoms with Crippen molar-refractivity contribution in [1.29, 1.82) is 0 Å². The molecule has 0 aromatic heterocycles. The highest BCUT2D eigenvalue weighted by atomic mass is 19.1. The fourth-order valence-corrected chi connectivity index (χ4v) is 2.91. The molecule has 0 saturated carbocycles. The summed E-state index contributed by atoms with van der Waals surface area (Å²) < 4.78 is 12.8. The molecule has 1 fully saturated rings. The second-order valence-electron chi connectivity index (χ2n) is 6.38. The van der Waals surface area contributed by atoms with E-state index in [0.29, 0.717) is 6.54 Å². The molecule has 1 aliphatic rings. The smallest absolute Gasteiger partial charge is 0.254 e. The van der Waals surface area contributed by atoms with Crippen LogP contribution in [-0.4, -0.2) is 54.6 Å². The largest absolute Gasteiger partial charge is 0.297 e. The van der Waals surface area contributed by atoms with Crippen molar-refractivity contribution in [3.63, 3.8) is 0 Å². The first-order chi connectivity index (χ1) is 12.7. The lowest BCUT2D eigenvalue weighted by molar-refractivity contribution is -0.122. The average Bonchev–Trinajstić information content (AvgIpc) is 2.66. The minimum absolute atomic E-state index is 0.139. The van der Waals surface area contributed by atoms with Gasteiger partial charge in [-0.3, -0.25) is 14.6 Å². The van der Waals surface area contributed by atoms with Crippen molar-refractivity contribution in [3.8, 4) is 0 Å². The highest BCUT2D eigenvalue weighted by molar-refractivity contribution is 5.83. The molecule has 0 spiro atoms. The number of benzene rings is 2. The van der Waals surface area contributed by atoms with Crippen LogP contribution in [0, 0.1) is 5.82 Å². The quantitative estimate of drug-likeness (QED) is 0.638. The Morgan fingerprint density at radius 1 is 1.00 bits per heavy atom. The van der Waals surface area contributed by atoms with Gasteiger partial charge in [-0.05, 0) is 23.3 Å². The Hall–Kier alpha value is -2.57. The molecule has 1 aliphatic heterocycles. The maximum atomic E-state index is 12.8. The van der Waals surface area contributed by atoms with Gasteiger partial charge in [0, 0.05) is 32.7 Å². The number of rotatable bonds is 6. The number of nitrogens with zero attached hydrogens (tertiary/aromatic N) is 3. The van der Waals surface area contributed by atoms with Gasteiger partial charge in [0.05, 0.1) is 12.8 Å². The number of carbonyl (C=O) groups is 1. The van der Waals surface area contributed by atoms with Gasteiger partial charge in [-0.25, -0.2) is 9.82 Å². The van der Waals surface area contributed by atoms with E-state index in [0.717, 1.165) is 38.3 Å². The van der Waals surface area contributed by atoms with Crippen LogP contribution in [0.5, 0.6) is 0 Å². The van der Waals surface area contributed by atoms with Gasteiger partial charge >= 0.3 is 0 Å². The first-order valence-electron chi connectivity index (χ1n) is 8.75. The lowest BCUT2D eigenvalue weighted by Gasteiger charge is -2.34. The minimum Gasteiger partial charge on any atom is -0.297 e. The molecule has 1 amide bonds. The number of nitrogens with one attached hydrogen (secondary N) is 1. The number of hydrogen-bond acceptors (Lipinski definition) is 4. The molecule has 0 aliphatic carbocycles. The zero-order valence-corrected chi connectivity index (χ0v) is 14.6. The van der Waals surface area contributed by atoms with Gasteiger partial charge < -0.3 is 0 Å². The van der Waals surface area contributed by atoms with E-state index in [-0.39, 0.29) is 11.7 Å². The van der Waals surface area contributed by atoms with Gasteiger partial charge in [-0.2, -0.15) is 5.10 Å². The van der Waals surface area contributed by atoms with Crippen molar-refractivity contribution in [2.75, 3.05) is 32.7 Å². The molecule has 3 rings (SSSR count). The monoisotopic (exact) mass is 354 g/mol. The Labute approximate surface area is 153 Å². The van der Waals surface area contributed by atoms with Gasteiger partial charge in [0.25, 0.3) is 5.91 Å². The van der Waals surface area contributed by atoms with Gasteiger partial charge in [-0.15, -0.1) is 0 Å². The van der Waals surface area contributed by atoms with E-state index in [1.165, 1.54) is 23.9 Å². The van der Waals surface area contributed by atoms with Crippen LogP contribution in [0.3, 0.4) is 0 Å². The van der Waals surface area contributed by atoms with Crippen molar-refractivity contribution in [2.45, 2.75) is 6.54 Å². The standard InChI is InChI=1S/C20H23FN4O/c21-19-8-6-17(7-9-19)14-22-23-20(26)16-25-12-10-24(11-13-25)15-18-4-2-1-3-5-18/h1-9,14H,10-13,15-16H2,(H,23,26). The number of carbonyl (C=O) groups excluding carboxylic acids is 1. The normalized spacial score (nSPS) is 16.0. The molecular weight excluding hydrogens is 331 g/mol. The SMILES string of the molecule is O=C(CN1CCN(Cc2ccccc2)CC1)NN=Cc1ccc(F)cc1. The van der Waals surface area contributed by atoms with E-state index in [1.54, 1.807) is 12.1 Å². The van der Waals surface area contributed by atoms with Crippen LogP contribution in [0.25, 0.3) is 0 Å². The first kappa shape index (κ1) is 18.2. The van der Waals surface area contributed by atoms with Gasteiger partial charge in [0.2, 0.25) is 0 Å². The fraction of sp³-hybridized carbons (Fsp3) is 0.300. The van der Waals surface area contributed by atoms with E-state index in [9.17, 15) is 9.18 Å². The van der Waals surface area contributed by atoms with E-state index in [2.05, 4.69) is 44.6 Å². The molecule has 0 radical (unpaired) electrons. The molecular formula is C20H23FN4O. The zero-order chi connectivity index (χ0) is 18.2. The summed E-state index contributed by atoms with van der Waals surface area (Å²) in [5.41, 5.74) is 4.58. The molecule has 0 bridgehead atoms. The van der Waals surface area contributed by atoms with Gasteiger partial charge in [0.1, 0.15) is 5.82 Å². The summed E-state index contributed by atoms with van der Waals surface area (Å²) in [7, 11) is 0. The zero-order valence-electron chi connectivity index (χ0n) is 14.6. The van der Waals surface area contributed by atoms with E-state index in [4.69, 9.17) is 0 Å². The van der Waals surface area contributed by atoms with Crippen LogP contribution in [0.2, 0.25) is 0 Å². The van der Waals surface area contributed by atoms with E-state index < -0.39 is 0 Å². The molecule has 6 heteroatoms. The van der Waals surface area contributed by atoms with Gasteiger partial charge in [-0.1, -0.05) is 42.5 Å². The highest BCUT2D eigenvalue weighted by Gasteiger charge is 2.18. The maximum Gasteiger partial charge on any atom is 0.254 e. The second-order valence-corrected chi connectivity index (χ2v) is 6.38. The third-order valence-corrected chi connectivity index (χ3v) is 4.35. The molecule has 0 unspecified atom stereocenters. The van der Waals surface area contributed by atoms with Crippen molar-refractivity contribution >= 4 is 12.1 Å². The van der Waals surface area contributed by atoms with E-state index in [1.807, 2.05) is 6.07 Å². The Morgan fingerprint density at radius 2 is 1.65 bits per heavy atom. The van der Waals surface area contributed by atoms with Crippen molar-refractivity contribution in [3.05, 3.63) is 71.5 Å². The molecule has 2 aromatic rings. The fourth-order valence-electron chi connectivity index (χ4n) is 2.91. The Balaban J connectivity index is 1.37. The number of piperazine rings is 1. The molecule has 0 atom stereocenters. The lowest BCUT2D eigenvalue weighted by Crippen LogP contribution is -2.48. The van der Waals surface area contributed by atoms with E-state index >= 15 is 0 Å². The summed E-state index contributed by atoms with van der Waals surface area (Å²) in [4.78, 5) is 16.5. The van der Waals surface area contributed by atoms with Crippen LogP contribution in [-0.2, 0) is 11.3 Å². The third-order valence-electron chi connectivity index (χ3n) is 4.35. The number of amides is 1. The third kappa shape index (κ3) is 5.75. The predicted octanol–water partition coefficient (Wildman–Crippen LogP) is 2.09. The Kier molecular flexibility index (Phi) is 6.46. The molecule has 1 saturated heterocycles. The summed E-state index contributed by atoms with van der Waals surface area (Å²) >= 11 is 0. The number of hydrazone groups is 1. The first-order valence-corrected chi connectivity index (χ1v) is 8.75. The van der Waals surface area contributed by atoms with Crippen LogP contribution in [0.4, 0.5) is 4.39 Å². The maximum absolute atomic E-state index is 12.8. The summed E-state index contributed by atoms with van der Waals surface area (Å²) in [5.74, 6) is -0.433. The summed E-state index contributed by atoms with van der Waals surface area (Å²) in [6.07, 6.45) is 1.51. The molecule has 5 nitrogen and oxygen atoms in total. The molecule has 2 aromatic carbocycles. The summed E-state index contributed by atoms with van der Waals surface area (Å²) in [6.45, 7) is 4.90. The second kappa shape index (κ2) is 9.22. The molecule has 1 N–H and O–H groups in total. The molecule has 136 valence electrons. The Bertz CT molecular complexity index is 725. The summed E-state index contributed by atoms with van der Waals surface area (Å²) in [6, 6.07) is 16.4. The lowest BCUT2D eigenvalue weighted by atomic mass is 10.2. The topological polar surface area (TPSA) is 47.9 Å². The Morgan fingerprint density at radius 3 is 2.35 bits per heavy atom. The van der Waals surface area contributed by atoms with Crippen molar-refractivity contribution in [2.24, 2.45) is 5.10 Å². The number of halogens is 1. The van der Waals surface area contributed by atoms with Crippen molar-refractivity contribution < 1.29 is 9.18 Å². The van der Waals surface area contributed by atoms with Crippen LogP contribution < -0.4 is 5.43 Å². The summed E-state index contributed by atoms with van der Waals surface area (Å²) in [5, 5.41) is 3.92. The average molecular weight is 354 g/mol. The highest BCUT2D eigenvalue weighted by Crippen LogP contribution is 2.08. The molecule has 1 heterocycles. The van der Waals surface area contributed by atoms with Crippen LogP contribution >= 0.6 is 0 Å². The predicted molar refractivity (Wildman–Crippen MR) is 100 cm³/mol.